The van der Waals surface area contributed by atoms with Gasteiger partial charge in [0.2, 0.25) is 5.91 Å². The molecule has 1 atom stereocenters. The highest BCUT2D eigenvalue weighted by molar-refractivity contribution is 6.34. The Morgan fingerprint density at radius 2 is 1.84 bits per heavy atom. The van der Waals surface area contributed by atoms with Gasteiger partial charge in [-0.25, -0.2) is 5.01 Å². The normalized spacial score (nSPS) is 17.9. The molecule has 1 aliphatic heterocycles. The van der Waals surface area contributed by atoms with Gasteiger partial charge >= 0.3 is 0 Å². The summed E-state index contributed by atoms with van der Waals surface area (Å²) in [5.74, 6) is -0.211. The summed E-state index contributed by atoms with van der Waals surface area (Å²) >= 11 is 12.5. The Bertz CT molecular complexity index is 1020. The summed E-state index contributed by atoms with van der Waals surface area (Å²) in [5, 5.41) is 7.36. The van der Waals surface area contributed by atoms with E-state index in [1.165, 1.54) is 5.01 Å². The Hall–Kier alpha value is -2.41. The molecule has 2 amide bonds. The lowest BCUT2D eigenvalue weighted by Crippen LogP contribution is -2.43. The van der Waals surface area contributed by atoms with Gasteiger partial charge in [0.15, 0.2) is 0 Å². The van der Waals surface area contributed by atoms with Gasteiger partial charge in [-0.3, -0.25) is 9.59 Å². The number of rotatable bonds is 8. The Kier molecular flexibility index (Phi) is 7.13. The fraction of sp³-hybridized carbons (Fsp3) is 0.375. The van der Waals surface area contributed by atoms with Crippen LogP contribution in [-0.4, -0.2) is 54.2 Å². The van der Waals surface area contributed by atoms with Crippen molar-refractivity contribution >= 4 is 40.7 Å². The smallest absolute Gasteiger partial charge is 0.262 e. The quantitative estimate of drug-likeness (QED) is 0.564. The van der Waals surface area contributed by atoms with Crippen LogP contribution in [-0.2, 0) is 14.3 Å². The molecular weight excluding hydrogens is 449 g/mol. The maximum atomic E-state index is 13.4. The molecule has 6 nitrogen and oxygen atoms in total. The van der Waals surface area contributed by atoms with Gasteiger partial charge in [0.1, 0.15) is 6.54 Å². The topological polar surface area (TPSA) is 62.2 Å². The number of nitrogens with zero attached hydrogens (tertiary/aromatic N) is 3. The van der Waals surface area contributed by atoms with E-state index in [0.717, 1.165) is 29.7 Å². The van der Waals surface area contributed by atoms with Crippen LogP contribution in [0, 0.1) is 5.92 Å². The molecule has 2 aliphatic rings. The number of benzene rings is 2. The number of carbonyl (C=O) groups is 2. The largest absolute Gasteiger partial charge is 0.383 e. The second-order valence-corrected chi connectivity index (χ2v) is 8.91. The first kappa shape index (κ1) is 22.8. The standard InChI is InChI=1S/C24H25Cl2N3O3/c1-32-13-12-28(24(31)17-6-7-17)15-23(30)29-22(16-8-10-18(25)11-9-16)14-21(27-29)19-4-2-3-5-20(19)26/h2-5,8-11,17,22H,6-7,12-15H2,1H3/t22-/m1/s1. The lowest BCUT2D eigenvalue weighted by atomic mass is 9.98. The highest BCUT2D eigenvalue weighted by Crippen LogP contribution is 2.35. The molecule has 0 spiro atoms. The highest BCUT2D eigenvalue weighted by atomic mass is 35.5. The van der Waals surface area contributed by atoms with Crippen molar-refractivity contribution in [3.8, 4) is 0 Å². The molecule has 168 valence electrons. The van der Waals surface area contributed by atoms with E-state index in [0.29, 0.717) is 29.6 Å². The van der Waals surface area contributed by atoms with Crippen molar-refractivity contribution in [3.05, 3.63) is 69.7 Å². The van der Waals surface area contributed by atoms with Gasteiger partial charge in [0.25, 0.3) is 5.91 Å². The Balaban J connectivity index is 1.61. The molecule has 1 heterocycles. The van der Waals surface area contributed by atoms with Crippen LogP contribution in [0.3, 0.4) is 0 Å². The van der Waals surface area contributed by atoms with Gasteiger partial charge in [-0.15, -0.1) is 0 Å². The van der Waals surface area contributed by atoms with Gasteiger partial charge in [0, 0.05) is 41.6 Å². The molecule has 2 aromatic carbocycles. The van der Waals surface area contributed by atoms with Gasteiger partial charge in [-0.2, -0.15) is 5.10 Å². The van der Waals surface area contributed by atoms with E-state index < -0.39 is 0 Å². The summed E-state index contributed by atoms with van der Waals surface area (Å²) in [6, 6.07) is 14.6. The zero-order valence-corrected chi connectivity index (χ0v) is 19.4. The molecule has 32 heavy (non-hydrogen) atoms. The fourth-order valence-corrected chi connectivity index (χ4v) is 4.21. The first-order valence-electron chi connectivity index (χ1n) is 10.7. The number of carbonyl (C=O) groups excluding carboxylic acids is 2. The molecule has 1 saturated carbocycles. The molecule has 2 aromatic rings. The molecule has 4 rings (SSSR count). The van der Waals surface area contributed by atoms with Crippen molar-refractivity contribution in [2.45, 2.75) is 25.3 Å². The molecule has 1 fully saturated rings. The van der Waals surface area contributed by atoms with E-state index in [1.807, 2.05) is 36.4 Å². The van der Waals surface area contributed by atoms with Gasteiger partial charge in [0.05, 0.1) is 18.4 Å². The van der Waals surface area contributed by atoms with E-state index in [2.05, 4.69) is 5.10 Å². The molecule has 1 aliphatic carbocycles. The first-order chi connectivity index (χ1) is 15.5. The minimum Gasteiger partial charge on any atom is -0.383 e. The summed E-state index contributed by atoms with van der Waals surface area (Å²) in [5.41, 5.74) is 2.46. The number of methoxy groups -OCH3 is 1. The zero-order chi connectivity index (χ0) is 22.7. The number of hydrogen-bond donors (Lipinski definition) is 0. The Morgan fingerprint density at radius 3 is 2.50 bits per heavy atom. The third-order valence-electron chi connectivity index (χ3n) is 5.74. The molecule has 0 saturated heterocycles. The Labute approximate surface area is 197 Å². The lowest BCUT2D eigenvalue weighted by Gasteiger charge is -2.27. The van der Waals surface area contributed by atoms with Gasteiger partial charge in [-0.05, 0) is 36.6 Å². The minimum absolute atomic E-state index is 0.00736. The number of hydrazone groups is 1. The minimum atomic E-state index is -0.300. The molecule has 0 bridgehead atoms. The molecule has 8 heteroatoms. The van der Waals surface area contributed by atoms with Crippen molar-refractivity contribution in [3.63, 3.8) is 0 Å². The summed E-state index contributed by atoms with van der Waals surface area (Å²) in [6.07, 6.45) is 2.27. The summed E-state index contributed by atoms with van der Waals surface area (Å²) in [7, 11) is 1.58. The SMILES string of the molecule is COCCN(CC(=O)N1N=C(c2ccccc2Cl)C[C@@H]1c1ccc(Cl)cc1)C(=O)C1CC1. The van der Waals surface area contributed by atoms with Crippen molar-refractivity contribution < 1.29 is 14.3 Å². The van der Waals surface area contributed by atoms with Gasteiger partial charge < -0.3 is 9.64 Å². The van der Waals surface area contributed by atoms with Crippen LogP contribution in [0.1, 0.15) is 36.4 Å². The number of ether oxygens (including phenoxy) is 1. The van der Waals surface area contributed by atoms with Crippen LogP contribution >= 0.6 is 23.2 Å². The van der Waals surface area contributed by atoms with E-state index in [1.54, 1.807) is 24.1 Å². The lowest BCUT2D eigenvalue weighted by molar-refractivity contribution is -0.142. The van der Waals surface area contributed by atoms with Crippen LogP contribution in [0.4, 0.5) is 0 Å². The van der Waals surface area contributed by atoms with E-state index >= 15 is 0 Å². The fourth-order valence-electron chi connectivity index (χ4n) is 3.84. The van der Waals surface area contributed by atoms with E-state index in [-0.39, 0.29) is 30.3 Å². The summed E-state index contributed by atoms with van der Waals surface area (Å²) in [6.45, 7) is 0.709. The third kappa shape index (κ3) is 5.14. The molecule has 0 N–H and O–H groups in total. The third-order valence-corrected chi connectivity index (χ3v) is 6.32. The van der Waals surface area contributed by atoms with E-state index in [4.69, 9.17) is 27.9 Å². The maximum absolute atomic E-state index is 13.4. The number of halogens is 2. The molecule has 0 radical (unpaired) electrons. The molecule has 0 unspecified atom stereocenters. The van der Waals surface area contributed by atoms with Gasteiger partial charge in [-0.1, -0.05) is 53.5 Å². The van der Waals surface area contributed by atoms with Crippen LogP contribution in [0.25, 0.3) is 0 Å². The monoisotopic (exact) mass is 473 g/mol. The first-order valence-corrected chi connectivity index (χ1v) is 11.4. The number of amides is 2. The molecular formula is C24H25Cl2N3O3. The van der Waals surface area contributed by atoms with Crippen LogP contribution < -0.4 is 0 Å². The molecule has 0 aromatic heterocycles. The average Bonchev–Trinajstić information content (AvgIpc) is 3.55. The van der Waals surface area contributed by atoms with Crippen molar-refractivity contribution in [1.82, 2.24) is 9.91 Å². The summed E-state index contributed by atoms with van der Waals surface area (Å²) in [4.78, 5) is 27.7. The van der Waals surface area contributed by atoms with Crippen molar-refractivity contribution in [2.75, 3.05) is 26.8 Å². The predicted molar refractivity (Wildman–Crippen MR) is 125 cm³/mol. The van der Waals surface area contributed by atoms with Crippen LogP contribution in [0.5, 0.6) is 0 Å². The summed E-state index contributed by atoms with van der Waals surface area (Å²) < 4.78 is 5.15. The second kappa shape index (κ2) is 10.0. The van der Waals surface area contributed by atoms with E-state index in [9.17, 15) is 9.59 Å². The predicted octanol–water partition coefficient (Wildman–Crippen LogP) is 4.56. The Morgan fingerprint density at radius 1 is 1.12 bits per heavy atom. The van der Waals surface area contributed by atoms with Crippen LogP contribution in [0.15, 0.2) is 53.6 Å². The van der Waals surface area contributed by atoms with Crippen LogP contribution in [0.2, 0.25) is 10.0 Å². The maximum Gasteiger partial charge on any atom is 0.262 e. The number of hydrogen-bond acceptors (Lipinski definition) is 4. The average molecular weight is 474 g/mol. The highest BCUT2D eigenvalue weighted by Gasteiger charge is 2.37. The zero-order valence-electron chi connectivity index (χ0n) is 17.8. The second-order valence-electron chi connectivity index (χ2n) is 8.06. The van der Waals surface area contributed by atoms with Crippen molar-refractivity contribution in [2.24, 2.45) is 11.0 Å². The van der Waals surface area contributed by atoms with Crippen molar-refractivity contribution in [1.29, 1.82) is 0 Å².